The molecule has 1 spiro atoms. The van der Waals surface area contributed by atoms with Gasteiger partial charge in [-0.3, -0.25) is 9.59 Å². The predicted molar refractivity (Wildman–Crippen MR) is 141 cm³/mol. The van der Waals surface area contributed by atoms with Crippen LogP contribution < -0.4 is 4.74 Å². The highest BCUT2D eigenvalue weighted by atomic mass is 19.3. The summed E-state index contributed by atoms with van der Waals surface area (Å²) in [5.41, 5.74) is 1.91. The summed E-state index contributed by atoms with van der Waals surface area (Å²) < 4.78 is 29.2. The van der Waals surface area contributed by atoms with Gasteiger partial charge in [0.2, 0.25) is 11.8 Å². The molecule has 1 unspecified atom stereocenters. The van der Waals surface area contributed by atoms with Gasteiger partial charge in [0.25, 0.3) is 0 Å². The van der Waals surface area contributed by atoms with E-state index in [4.69, 9.17) is 0 Å². The number of alkyl halides is 2. The van der Waals surface area contributed by atoms with Gasteiger partial charge in [0.15, 0.2) is 0 Å². The molecule has 2 amide bonds. The molecule has 8 heteroatoms. The molecule has 0 saturated carbocycles. The third kappa shape index (κ3) is 5.70. The topological polar surface area (TPSA) is 53.1 Å². The van der Waals surface area contributed by atoms with Crippen LogP contribution in [0.1, 0.15) is 49.7 Å². The van der Waals surface area contributed by atoms with E-state index < -0.39 is 6.61 Å². The van der Waals surface area contributed by atoms with E-state index in [0.717, 1.165) is 64.1 Å². The van der Waals surface area contributed by atoms with Gasteiger partial charge in [-0.05, 0) is 61.5 Å². The number of carbonyl (C=O) groups excluding carboxylic acids is 2. The van der Waals surface area contributed by atoms with Crippen molar-refractivity contribution < 1.29 is 23.1 Å². The van der Waals surface area contributed by atoms with Gasteiger partial charge in [-0.25, -0.2) is 0 Å². The maximum atomic E-state index is 13.5. The Morgan fingerprint density at radius 3 is 2.34 bits per heavy atom. The van der Waals surface area contributed by atoms with Gasteiger partial charge in [-0.1, -0.05) is 49.4 Å². The molecule has 2 aromatic carbocycles. The first-order valence-corrected chi connectivity index (χ1v) is 13.7. The fraction of sp³-hybridized carbons (Fsp3) is 0.533. The summed E-state index contributed by atoms with van der Waals surface area (Å²) in [7, 11) is 0. The third-order valence-electron chi connectivity index (χ3n) is 8.75. The van der Waals surface area contributed by atoms with Crippen molar-refractivity contribution in [2.75, 3.05) is 39.3 Å². The van der Waals surface area contributed by atoms with Crippen LogP contribution in [0.4, 0.5) is 8.78 Å². The molecule has 0 radical (unpaired) electrons. The molecule has 2 atom stereocenters. The minimum absolute atomic E-state index is 0.124. The van der Waals surface area contributed by atoms with Gasteiger partial charge in [-0.2, -0.15) is 8.78 Å². The number of rotatable bonds is 8. The van der Waals surface area contributed by atoms with E-state index in [1.165, 1.54) is 17.7 Å². The highest BCUT2D eigenvalue weighted by Gasteiger charge is 2.48. The Morgan fingerprint density at radius 1 is 1.00 bits per heavy atom. The highest BCUT2D eigenvalue weighted by Crippen LogP contribution is 2.43. The summed E-state index contributed by atoms with van der Waals surface area (Å²) in [4.78, 5) is 32.4. The van der Waals surface area contributed by atoms with Gasteiger partial charge in [-0.15, -0.1) is 0 Å². The minimum atomic E-state index is -2.85. The van der Waals surface area contributed by atoms with Gasteiger partial charge in [0.05, 0.1) is 5.41 Å². The second-order valence-electron chi connectivity index (χ2n) is 11.0. The molecular weight excluding hydrogens is 488 g/mol. The molecule has 0 aliphatic carbocycles. The van der Waals surface area contributed by atoms with Crippen molar-refractivity contribution in [1.82, 2.24) is 14.7 Å². The molecule has 204 valence electrons. The van der Waals surface area contributed by atoms with Crippen LogP contribution in [0.5, 0.6) is 5.75 Å². The summed E-state index contributed by atoms with van der Waals surface area (Å²) in [6, 6.07) is 17.1. The SMILES string of the molecule is CCC(=O)N1CC(c2ccccc2)[C@@H](CN2CCC3(CC2)CCN(Cc2ccc(OC(F)F)cc2)C3=O)C1. The number of likely N-dealkylation sites (tertiary alicyclic amines) is 3. The van der Waals surface area contributed by atoms with Gasteiger partial charge in [0.1, 0.15) is 5.75 Å². The third-order valence-corrected chi connectivity index (χ3v) is 8.75. The van der Waals surface area contributed by atoms with Crippen molar-refractivity contribution in [1.29, 1.82) is 0 Å². The fourth-order valence-electron chi connectivity index (χ4n) is 6.56. The number of carbonyl (C=O) groups is 2. The molecule has 3 fully saturated rings. The quantitative estimate of drug-likeness (QED) is 0.499. The normalized spacial score (nSPS) is 23.5. The van der Waals surface area contributed by atoms with E-state index in [-0.39, 0.29) is 23.0 Å². The van der Waals surface area contributed by atoms with Crippen LogP contribution in [-0.4, -0.2) is 72.4 Å². The number of piperidine rings is 1. The number of hydrogen-bond acceptors (Lipinski definition) is 4. The second-order valence-corrected chi connectivity index (χ2v) is 11.0. The molecule has 0 aromatic heterocycles. The van der Waals surface area contributed by atoms with E-state index in [2.05, 4.69) is 33.9 Å². The molecule has 0 N–H and O–H groups in total. The number of amides is 2. The van der Waals surface area contributed by atoms with E-state index in [1.54, 1.807) is 12.1 Å². The van der Waals surface area contributed by atoms with Crippen LogP contribution in [0.2, 0.25) is 0 Å². The molecule has 3 saturated heterocycles. The first kappa shape index (κ1) is 26.6. The van der Waals surface area contributed by atoms with Gasteiger partial charge >= 0.3 is 6.61 Å². The number of nitrogens with zero attached hydrogens (tertiary/aromatic N) is 3. The molecule has 0 bridgehead atoms. The molecule has 38 heavy (non-hydrogen) atoms. The summed E-state index contributed by atoms with van der Waals surface area (Å²) >= 11 is 0. The van der Waals surface area contributed by atoms with Gasteiger partial charge < -0.3 is 19.4 Å². The molecule has 3 heterocycles. The van der Waals surface area contributed by atoms with Crippen molar-refractivity contribution in [3.8, 4) is 5.75 Å². The van der Waals surface area contributed by atoms with Crippen molar-refractivity contribution in [2.24, 2.45) is 11.3 Å². The van der Waals surface area contributed by atoms with Crippen molar-refractivity contribution in [3.63, 3.8) is 0 Å². The summed E-state index contributed by atoms with van der Waals surface area (Å²) in [5.74, 6) is 1.28. The van der Waals surface area contributed by atoms with Crippen molar-refractivity contribution in [2.45, 2.75) is 51.7 Å². The number of hydrogen-bond donors (Lipinski definition) is 0. The molecule has 3 aliphatic rings. The Hall–Kier alpha value is -3.00. The summed E-state index contributed by atoms with van der Waals surface area (Å²) in [6.45, 7) is 4.58. The Labute approximate surface area is 223 Å². The van der Waals surface area contributed by atoms with Crippen molar-refractivity contribution >= 4 is 11.8 Å². The van der Waals surface area contributed by atoms with Crippen LogP contribution in [-0.2, 0) is 16.1 Å². The first-order chi connectivity index (χ1) is 18.4. The lowest BCUT2D eigenvalue weighted by molar-refractivity contribution is -0.139. The zero-order chi connectivity index (χ0) is 26.7. The molecular formula is C30H37F2N3O3. The molecule has 5 rings (SSSR count). The van der Waals surface area contributed by atoms with E-state index >= 15 is 0 Å². The summed E-state index contributed by atoms with van der Waals surface area (Å²) in [6.07, 6.45) is 3.10. The lowest BCUT2D eigenvalue weighted by Crippen LogP contribution is -2.46. The van der Waals surface area contributed by atoms with Crippen LogP contribution in [0.15, 0.2) is 54.6 Å². The zero-order valence-corrected chi connectivity index (χ0v) is 22.0. The van der Waals surface area contributed by atoms with Crippen LogP contribution in [0, 0.1) is 11.3 Å². The van der Waals surface area contributed by atoms with E-state index in [1.807, 2.05) is 22.8 Å². The predicted octanol–water partition coefficient (Wildman–Crippen LogP) is 4.75. The van der Waals surface area contributed by atoms with Crippen LogP contribution in [0.3, 0.4) is 0 Å². The minimum Gasteiger partial charge on any atom is -0.435 e. The number of ether oxygens (including phenoxy) is 1. The zero-order valence-electron chi connectivity index (χ0n) is 22.0. The lowest BCUT2D eigenvalue weighted by atomic mass is 9.76. The van der Waals surface area contributed by atoms with E-state index in [0.29, 0.717) is 24.8 Å². The number of benzene rings is 2. The molecule has 2 aromatic rings. The summed E-state index contributed by atoms with van der Waals surface area (Å²) in [5, 5.41) is 0. The monoisotopic (exact) mass is 525 g/mol. The smallest absolute Gasteiger partial charge is 0.387 e. The Morgan fingerprint density at radius 2 is 1.68 bits per heavy atom. The Kier molecular flexibility index (Phi) is 7.98. The average Bonchev–Trinajstić information content (AvgIpc) is 3.48. The highest BCUT2D eigenvalue weighted by molar-refractivity contribution is 5.85. The maximum Gasteiger partial charge on any atom is 0.387 e. The fourth-order valence-corrected chi connectivity index (χ4v) is 6.56. The van der Waals surface area contributed by atoms with Crippen LogP contribution >= 0.6 is 0 Å². The standard InChI is InChI=1S/C30H37F2N3O3/c1-2-27(36)35-20-24(26(21-35)23-6-4-3-5-7-23)19-33-15-12-30(13-16-33)14-17-34(28(30)37)18-22-8-10-25(11-9-22)38-29(31)32/h3-11,24,26,29H,2,12-21H2,1H3/t24-,26?/m0/s1. The largest absolute Gasteiger partial charge is 0.435 e. The van der Waals surface area contributed by atoms with E-state index in [9.17, 15) is 18.4 Å². The first-order valence-electron chi connectivity index (χ1n) is 13.7. The Bertz CT molecular complexity index is 1100. The second kappa shape index (κ2) is 11.4. The molecule has 3 aliphatic heterocycles. The maximum absolute atomic E-state index is 13.5. The Balaban J connectivity index is 1.17. The van der Waals surface area contributed by atoms with Gasteiger partial charge in [0, 0.05) is 45.1 Å². The lowest BCUT2D eigenvalue weighted by Gasteiger charge is -2.39. The average molecular weight is 526 g/mol. The van der Waals surface area contributed by atoms with Crippen molar-refractivity contribution in [3.05, 3.63) is 65.7 Å². The molecule has 6 nitrogen and oxygen atoms in total. The van der Waals surface area contributed by atoms with Crippen LogP contribution in [0.25, 0.3) is 0 Å². The number of halogens is 2.